The molecule has 0 radical (unpaired) electrons. The molecule has 0 bridgehead atoms. The first-order valence-corrected chi connectivity index (χ1v) is 7.71. The van der Waals surface area contributed by atoms with E-state index in [-0.39, 0.29) is 5.91 Å². The number of carbonyl (C=O) groups is 1. The van der Waals surface area contributed by atoms with E-state index in [1.165, 1.54) is 0 Å². The molecule has 0 aliphatic heterocycles. The molecule has 0 saturated carbocycles. The molecule has 0 spiro atoms. The molecule has 0 atom stereocenters. The lowest BCUT2D eigenvalue weighted by Crippen LogP contribution is -2.19. The second kappa shape index (κ2) is 7.10. The standard InChI is InChI=1S/C18H15ClN4O/c1-13(21-22-18(24)16-4-2-3-5-17(16)19)14-6-8-15(9-7-14)23-11-10-20-12-23/h2-12H,1H3,(H,22,24)/b21-13-. The van der Waals surface area contributed by atoms with E-state index in [1.807, 2.05) is 42.0 Å². The van der Waals surface area contributed by atoms with E-state index in [4.69, 9.17) is 11.6 Å². The van der Waals surface area contributed by atoms with Gasteiger partial charge in [0.25, 0.3) is 5.91 Å². The van der Waals surface area contributed by atoms with E-state index in [0.717, 1.165) is 11.3 Å². The molecule has 1 aromatic heterocycles. The Balaban J connectivity index is 1.72. The van der Waals surface area contributed by atoms with Gasteiger partial charge in [0.2, 0.25) is 0 Å². The number of hydrogen-bond donors (Lipinski definition) is 1. The number of rotatable bonds is 4. The predicted molar refractivity (Wildman–Crippen MR) is 94.7 cm³/mol. The minimum Gasteiger partial charge on any atom is -0.306 e. The van der Waals surface area contributed by atoms with Crippen LogP contribution in [0.4, 0.5) is 0 Å². The molecule has 0 aliphatic carbocycles. The predicted octanol–water partition coefficient (Wildman–Crippen LogP) is 3.68. The maximum atomic E-state index is 12.1. The Bertz CT molecular complexity index is 870. The van der Waals surface area contributed by atoms with Crippen molar-refractivity contribution in [1.29, 1.82) is 0 Å². The normalized spacial score (nSPS) is 11.3. The number of hydrazone groups is 1. The second-order valence-corrected chi connectivity index (χ2v) is 5.54. The minimum absolute atomic E-state index is 0.338. The minimum atomic E-state index is -0.338. The lowest BCUT2D eigenvalue weighted by Gasteiger charge is -2.06. The van der Waals surface area contributed by atoms with E-state index in [9.17, 15) is 4.79 Å². The van der Waals surface area contributed by atoms with Crippen LogP contribution < -0.4 is 5.43 Å². The molecule has 3 aromatic rings. The zero-order valence-corrected chi connectivity index (χ0v) is 13.7. The molecule has 2 aromatic carbocycles. The van der Waals surface area contributed by atoms with Gasteiger partial charge in [-0.25, -0.2) is 10.4 Å². The van der Waals surface area contributed by atoms with E-state index in [0.29, 0.717) is 16.3 Å². The third-order valence-electron chi connectivity index (χ3n) is 3.53. The highest BCUT2D eigenvalue weighted by Gasteiger charge is 2.08. The third-order valence-corrected chi connectivity index (χ3v) is 3.86. The van der Waals surface area contributed by atoms with Gasteiger partial charge < -0.3 is 4.57 Å². The van der Waals surface area contributed by atoms with Crippen LogP contribution in [-0.2, 0) is 0 Å². The van der Waals surface area contributed by atoms with Crippen molar-refractivity contribution in [3.63, 3.8) is 0 Å². The highest BCUT2D eigenvalue weighted by atomic mass is 35.5. The van der Waals surface area contributed by atoms with Crippen LogP contribution in [0, 0.1) is 0 Å². The quantitative estimate of drug-likeness (QED) is 0.582. The molecule has 120 valence electrons. The van der Waals surface area contributed by atoms with Crippen molar-refractivity contribution in [3.05, 3.63) is 83.4 Å². The van der Waals surface area contributed by atoms with Gasteiger partial charge in [-0.1, -0.05) is 35.9 Å². The van der Waals surface area contributed by atoms with Crippen LogP contribution >= 0.6 is 11.6 Å². The Morgan fingerprint density at radius 1 is 1.17 bits per heavy atom. The van der Waals surface area contributed by atoms with Gasteiger partial charge >= 0.3 is 0 Å². The number of hydrogen-bond acceptors (Lipinski definition) is 3. The fourth-order valence-electron chi connectivity index (χ4n) is 2.19. The summed E-state index contributed by atoms with van der Waals surface area (Å²) in [5.41, 5.74) is 5.54. The molecule has 24 heavy (non-hydrogen) atoms. The fraction of sp³-hybridized carbons (Fsp3) is 0.0556. The van der Waals surface area contributed by atoms with Gasteiger partial charge in [-0.3, -0.25) is 4.79 Å². The van der Waals surface area contributed by atoms with Crippen molar-refractivity contribution in [1.82, 2.24) is 15.0 Å². The number of imidazole rings is 1. The summed E-state index contributed by atoms with van der Waals surface area (Å²) in [6.45, 7) is 1.83. The summed E-state index contributed by atoms with van der Waals surface area (Å²) in [4.78, 5) is 16.1. The zero-order chi connectivity index (χ0) is 16.9. The number of nitrogens with one attached hydrogen (secondary N) is 1. The largest absolute Gasteiger partial charge is 0.306 e. The lowest BCUT2D eigenvalue weighted by atomic mass is 10.1. The van der Waals surface area contributed by atoms with Crippen LogP contribution in [0.15, 0.2) is 72.4 Å². The SMILES string of the molecule is C/C(=N/NC(=O)c1ccccc1Cl)c1ccc(-n2ccnc2)cc1. The number of aromatic nitrogens is 2. The van der Waals surface area contributed by atoms with Crippen LogP contribution in [0.3, 0.4) is 0 Å². The molecule has 0 unspecified atom stereocenters. The monoisotopic (exact) mass is 338 g/mol. The van der Waals surface area contributed by atoms with Crippen LogP contribution in [0.1, 0.15) is 22.8 Å². The average molecular weight is 339 g/mol. The Morgan fingerprint density at radius 2 is 1.92 bits per heavy atom. The molecular formula is C18H15ClN4O. The van der Waals surface area contributed by atoms with Gasteiger partial charge in [0.1, 0.15) is 0 Å². The van der Waals surface area contributed by atoms with Crippen molar-refractivity contribution >= 4 is 23.2 Å². The molecule has 1 amide bonds. The van der Waals surface area contributed by atoms with Gasteiger partial charge in [0, 0.05) is 18.1 Å². The zero-order valence-electron chi connectivity index (χ0n) is 13.0. The maximum absolute atomic E-state index is 12.1. The van der Waals surface area contributed by atoms with Crippen molar-refractivity contribution in [2.24, 2.45) is 5.10 Å². The third kappa shape index (κ3) is 3.52. The van der Waals surface area contributed by atoms with E-state index >= 15 is 0 Å². The summed E-state index contributed by atoms with van der Waals surface area (Å²) < 4.78 is 1.91. The van der Waals surface area contributed by atoms with Crippen LogP contribution in [0.25, 0.3) is 5.69 Å². The lowest BCUT2D eigenvalue weighted by molar-refractivity contribution is 0.0955. The smallest absolute Gasteiger partial charge is 0.272 e. The molecule has 1 heterocycles. The van der Waals surface area contributed by atoms with E-state index in [2.05, 4.69) is 15.5 Å². The summed E-state index contributed by atoms with van der Waals surface area (Å²) in [6.07, 6.45) is 5.34. The molecule has 6 heteroatoms. The number of halogens is 1. The van der Waals surface area contributed by atoms with Crippen LogP contribution in [0.2, 0.25) is 5.02 Å². The highest BCUT2D eigenvalue weighted by molar-refractivity contribution is 6.33. The van der Waals surface area contributed by atoms with Crippen LogP contribution in [-0.4, -0.2) is 21.2 Å². The van der Waals surface area contributed by atoms with Gasteiger partial charge in [-0.05, 0) is 36.8 Å². The van der Waals surface area contributed by atoms with Crippen molar-refractivity contribution in [2.45, 2.75) is 6.92 Å². The summed E-state index contributed by atoms with van der Waals surface area (Å²) in [5, 5.41) is 4.54. The molecular weight excluding hydrogens is 324 g/mol. The molecule has 0 fully saturated rings. The molecule has 0 aliphatic rings. The first-order chi connectivity index (χ1) is 11.6. The first-order valence-electron chi connectivity index (χ1n) is 7.33. The van der Waals surface area contributed by atoms with Gasteiger partial charge in [0.15, 0.2) is 0 Å². The van der Waals surface area contributed by atoms with Crippen molar-refractivity contribution in [2.75, 3.05) is 0 Å². The Labute approximate surface area is 144 Å². The first kappa shape index (κ1) is 16.0. The average Bonchev–Trinajstić information content (AvgIpc) is 3.14. The summed E-state index contributed by atoms with van der Waals surface area (Å²) in [6, 6.07) is 14.7. The highest BCUT2D eigenvalue weighted by Crippen LogP contribution is 2.14. The Morgan fingerprint density at radius 3 is 2.58 bits per heavy atom. The van der Waals surface area contributed by atoms with Gasteiger partial charge in [0.05, 0.1) is 22.6 Å². The molecule has 0 saturated heterocycles. The Hall–Kier alpha value is -2.92. The van der Waals surface area contributed by atoms with Crippen molar-refractivity contribution < 1.29 is 4.79 Å². The second-order valence-electron chi connectivity index (χ2n) is 5.13. The molecule has 3 rings (SSSR count). The Kier molecular flexibility index (Phi) is 4.72. The number of benzene rings is 2. The summed E-state index contributed by atoms with van der Waals surface area (Å²) in [7, 11) is 0. The van der Waals surface area contributed by atoms with Gasteiger partial charge in [-0.2, -0.15) is 5.10 Å². The van der Waals surface area contributed by atoms with Gasteiger partial charge in [-0.15, -0.1) is 0 Å². The number of amides is 1. The summed E-state index contributed by atoms with van der Waals surface area (Å²) >= 11 is 6.00. The summed E-state index contributed by atoms with van der Waals surface area (Å²) in [5.74, 6) is -0.338. The van der Waals surface area contributed by atoms with E-state index < -0.39 is 0 Å². The van der Waals surface area contributed by atoms with E-state index in [1.54, 1.807) is 36.8 Å². The number of nitrogens with zero attached hydrogens (tertiary/aromatic N) is 3. The molecule has 5 nitrogen and oxygen atoms in total. The van der Waals surface area contributed by atoms with Crippen LogP contribution in [0.5, 0.6) is 0 Å². The maximum Gasteiger partial charge on any atom is 0.272 e. The molecule has 1 N–H and O–H groups in total. The fourth-order valence-corrected chi connectivity index (χ4v) is 2.41. The number of carbonyl (C=O) groups excluding carboxylic acids is 1. The van der Waals surface area contributed by atoms with Crippen molar-refractivity contribution in [3.8, 4) is 5.69 Å². The topological polar surface area (TPSA) is 59.3 Å².